The average molecular weight is 231 g/mol. The molecule has 1 aliphatic rings. The summed E-state index contributed by atoms with van der Waals surface area (Å²) in [5.41, 5.74) is -1.04. The van der Waals surface area contributed by atoms with Gasteiger partial charge in [0.15, 0.2) is 0 Å². The molecule has 2 rings (SSSR count). The number of benzene rings is 1. The highest BCUT2D eigenvalue weighted by atomic mass is 19.4. The average Bonchev–Trinajstić information content (AvgIpc) is 2.16. The second kappa shape index (κ2) is 3.40. The van der Waals surface area contributed by atoms with Crippen LogP contribution in [0.2, 0.25) is 0 Å². The molecule has 0 fully saturated rings. The second-order valence-electron chi connectivity index (χ2n) is 3.32. The summed E-state index contributed by atoms with van der Waals surface area (Å²) < 4.78 is 50.6. The number of hydrogen-bond donors (Lipinski definition) is 0. The topological polar surface area (TPSA) is 29.4 Å². The fourth-order valence-electron chi connectivity index (χ4n) is 1.52. The fourth-order valence-corrected chi connectivity index (χ4v) is 1.52. The molecule has 0 aromatic heterocycles. The third-order valence-corrected chi connectivity index (χ3v) is 2.20. The van der Waals surface area contributed by atoms with Crippen LogP contribution in [0, 0.1) is 5.82 Å². The number of carbonyl (C=O) groups is 1. The first kappa shape index (κ1) is 10.8. The van der Waals surface area contributed by atoms with Crippen LogP contribution in [0.1, 0.15) is 6.42 Å². The van der Waals surface area contributed by atoms with Crippen molar-refractivity contribution in [1.82, 2.24) is 0 Å². The van der Waals surface area contributed by atoms with Gasteiger partial charge < -0.3 is 0 Å². The lowest BCUT2D eigenvalue weighted by atomic mass is 10.1. The molecule has 6 heteroatoms. The number of carbonyl (C=O) groups excluding carboxylic acids is 1. The molecule has 0 aliphatic carbocycles. The molecule has 2 nitrogen and oxygen atoms in total. The van der Waals surface area contributed by atoms with E-state index in [2.05, 4.69) is 4.99 Å². The Morgan fingerprint density at radius 3 is 2.56 bits per heavy atom. The molecular weight excluding hydrogens is 226 g/mol. The van der Waals surface area contributed by atoms with Crippen LogP contribution < -0.4 is 10.6 Å². The lowest BCUT2D eigenvalue weighted by Gasteiger charge is -2.12. The highest BCUT2D eigenvalue weighted by Gasteiger charge is 2.36. The van der Waals surface area contributed by atoms with Crippen molar-refractivity contribution in [2.75, 3.05) is 0 Å². The Morgan fingerprint density at radius 2 is 1.94 bits per heavy atom. The van der Waals surface area contributed by atoms with E-state index in [1.807, 2.05) is 0 Å². The molecule has 1 aromatic carbocycles. The van der Waals surface area contributed by atoms with E-state index < -0.39 is 29.9 Å². The summed E-state index contributed by atoms with van der Waals surface area (Å²) >= 11 is 0. The quantitative estimate of drug-likeness (QED) is 0.614. The van der Waals surface area contributed by atoms with Crippen LogP contribution in [0.5, 0.6) is 0 Å². The van der Waals surface area contributed by atoms with Gasteiger partial charge in [0, 0.05) is 5.22 Å². The van der Waals surface area contributed by atoms with E-state index in [0.29, 0.717) is 0 Å². The number of amides is 1. The molecule has 0 N–H and O–H groups in total. The maximum absolute atomic E-state index is 12.8. The summed E-state index contributed by atoms with van der Waals surface area (Å²) in [6, 6.07) is 2.77. The van der Waals surface area contributed by atoms with Crippen LogP contribution in [0.25, 0.3) is 5.57 Å². The Morgan fingerprint density at radius 1 is 1.25 bits per heavy atom. The highest BCUT2D eigenvalue weighted by molar-refractivity contribution is 5.87. The summed E-state index contributed by atoms with van der Waals surface area (Å²) in [7, 11) is 0. The molecule has 16 heavy (non-hydrogen) atoms. The maximum atomic E-state index is 12.8. The first-order valence-electron chi connectivity index (χ1n) is 4.35. The van der Waals surface area contributed by atoms with Gasteiger partial charge in [-0.25, -0.2) is 9.38 Å². The van der Waals surface area contributed by atoms with Gasteiger partial charge in [0.25, 0.3) is 5.91 Å². The second-order valence-corrected chi connectivity index (χ2v) is 3.32. The van der Waals surface area contributed by atoms with Gasteiger partial charge in [0.05, 0.1) is 17.4 Å². The molecule has 0 saturated carbocycles. The number of rotatable bonds is 0. The van der Waals surface area contributed by atoms with E-state index in [4.69, 9.17) is 0 Å². The summed E-state index contributed by atoms with van der Waals surface area (Å²) in [4.78, 5) is 14.4. The largest absolute Gasteiger partial charge is 0.413 e. The molecular formula is C10H5F4NO. The van der Waals surface area contributed by atoms with Crippen molar-refractivity contribution in [1.29, 1.82) is 0 Å². The van der Waals surface area contributed by atoms with Crippen LogP contribution in [0.4, 0.5) is 17.6 Å². The molecule has 1 heterocycles. The minimum absolute atomic E-state index is 0.134. The van der Waals surface area contributed by atoms with Crippen molar-refractivity contribution in [2.45, 2.75) is 12.6 Å². The molecule has 0 saturated heterocycles. The zero-order chi connectivity index (χ0) is 11.9. The number of nitrogens with zero attached hydrogens (tertiary/aromatic N) is 1. The summed E-state index contributed by atoms with van der Waals surface area (Å²) in [5.74, 6) is -1.66. The Kier molecular flexibility index (Phi) is 2.29. The molecule has 1 aromatic rings. The van der Waals surface area contributed by atoms with Gasteiger partial charge in [-0.2, -0.15) is 13.2 Å². The van der Waals surface area contributed by atoms with Crippen LogP contribution in [0.3, 0.4) is 0 Å². The van der Waals surface area contributed by atoms with Crippen molar-refractivity contribution < 1.29 is 22.4 Å². The van der Waals surface area contributed by atoms with Gasteiger partial charge in [-0.05, 0) is 18.2 Å². The minimum Gasteiger partial charge on any atom is -0.272 e. The van der Waals surface area contributed by atoms with E-state index in [1.54, 1.807) is 0 Å². The lowest BCUT2D eigenvalue weighted by Crippen LogP contribution is -2.37. The lowest BCUT2D eigenvalue weighted by molar-refractivity contribution is -0.119. The van der Waals surface area contributed by atoms with E-state index >= 15 is 0 Å². The Balaban J connectivity index is 2.87. The first-order chi connectivity index (χ1) is 7.38. The number of halogens is 4. The monoisotopic (exact) mass is 231 g/mol. The molecule has 0 unspecified atom stereocenters. The van der Waals surface area contributed by atoms with E-state index in [-0.39, 0.29) is 10.6 Å². The van der Waals surface area contributed by atoms with E-state index in [0.717, 1.165) is 18.2 Å². The summed E-state index contributed by atoms with van der Waals surface area (Å²) in [5, 5.41) is -0.489. The van der Waals surface area contributed by atoms with Crippen molar-refractivity contribution in [3.05, 3.63) is 34.6 Å². The molecule has 1 aliphatic heterocycles. The number of fused-ring (bicyclic) bond motifs is 1. The minimum atomic E-state index is -4.64. The van der Waals surface area contributed by atoms with Crippen LogP contribution in [0.15, 0.2) is 23.2 Å². The van der Waals surface area contributed by atoms with E-state index in [1.165, 1.54) is 0 Å². The Bertz CT molecular complexity index is 573. The van der Waals surface area contributed by atoms with Crippen LogP contribution >= 0.6 is 0 Å². The fraction of sp³-hybridized carbons (Fsp3) is 0.200. The van der Waals surface area contributed by atoms with E-state index in [9.17, 15) is 22.4 Å². The summed E-state index contributed by atoms with van der Waals surface area (Å²) in [6.07, 6.45) is -5.48. The van der Waals surface area contributed by atoms with Gasteiger partial charge in [0.1, 0.15) is 5.82 Å². The first-order valence-corrected chi connectivity index (χ1v) is 4.35. The molecule has 1 amide bonds. The Labute approximate surface area is 86.9 Å². The van der Waals surface area contributed by atoms with Gasteiger partial charge in [0.2, 0.25) is 0 Å². The predicted octanol–water partition coefficient (Wildman–Crippen LogP) is 1.09. The molecule has 0 atom stereocenters. The third-order valence-electron chi connectivity index (χ3n) is 2.20. The molecule has 0 radical (unpaired) electrons. The van der Waals surface area contributed by atoms with Gasteiger partial charge in [-0.1, -0.05) is 0 Å². The van der Waals surface area contributed by atoms with Crippen molar-refractivity contribution in [3.8, 4) is 0 Å². The standard InChI is InChI=1S/C10H5F4NO/c11-5-1-2-8-6(3-5)7(10(12,13)14)4-9(16)15-8/h1-3H,4H2. The smallest absolute Gasteiger partial charge is 0.272 e. The maximum Gasteiger partial charge on any atom is 0.413 e. The SMILES string of the molecule is O=C1CC(C(F)(F)F)=c2cc(F)ccc2=N1. The van der Waals surface area contributed by atoms with Crippen LogP contribution in [-0.2, 0) is 4.79 Å². The van der Waals surface area contributed by atoms with Crippen molar-refractivity contribution >= 4 is 11.5 Å². The number of alkyl halides is 3. The highest BCUT2D eigenvalue weighted by Crippen LogP contribution is 2.28. The predicted molar refractivity (Wildman–Crippen MR) is 46.3 cm³/mol. The van der Waals surface area contributed by atoms with Crippen LogP contribution in [-0.4, -0.2) is 12.1 Å². The normalized spacial score (nSPS) is 15.8. The molecule has 84 valence electrons. The zero-order valence-electron chi connectivity index (χ0n) is 7.81. The zero-order valence-corrected chi connectivity index (χ0v) is 7.81. The molecule has 0 bridgehead atoms. The number of hydrogen-bond acceptors (Lipinski definition) is 1. The van der Waals surface area contributed by atoms with Gasteiger partial charge >= 0.3 is 6.18 Å². The van der Waals surface area contributed by atoms with Crippen molar-refractivity contribution in [2.24, 2.45) is 4.99 Å². The molecule has 0 spiro atoms. The van der Waals surface area contributed by atoms with Gasteiger partial charge in [-0.3, -0.25) is 4.79 Å². The third kappa shape index (κ3) is 1.82. The van der Waals surface area contributed by atoms with Crippen molar-refractivity contribution in [3.63, 3.8) is 0 Å². The van der Waals surface area contributed by atoms with Gasteiger partial charge in [-0.15, -0.1) is 0 Å². The Hall–Kier alpha value is -1.72. The summed E-state index contributed by atoms with van der Waals surface area (Å²) in [6.45, 7) is 0.